The van der Waals surface area contributed by atoms with Crippen LogP contribution in [0.15, 0.2) is 0 Å². The van der Waals surface area contributed by atoms with Crippen molar-refractivity contribution in [3.63, 3.8) is 0 Å². The SMILES string of the molecule is CCCCCCCCCCCCCC(=O)OC(CCCCCCCCCCC)CC(=O)O[C@H]1[C@H](OP(=O)(O)O)[C@@H](CO)OC(O)[C@@H]1NC(=O)C[C@H](O)CCCCCCCCCCC. The van der Waals surface area contributed by atoms with Crippen molar-refractivity contribution in [3.05, 3.63) is 0 Å². The Kier molecular flexibility index (Phi) is 36.3. The molecule has 1 fully saturated rings. The highest BCUT2D eigenvalue weighted by molar-refractivity contribution is 7.46. The lowest BCUT2D eigenvalue weighted by molar-refractivity contribution is -0.256. The number of esters is 2. The Morgan fingerprint density at radius 2 is 1.03 bits per heavy atom. The lowest BCUT2D eigenvalue weighted by Crippen LogP contribution is -2.65. The monoisotopic (exact) mass is 922 g/mol. The number of amides is 1. The van der Waals surface area contributed by atoms with Gasteiger partial charge >= 0.3 is 19.8 Å². The maximum absolute atomic E-state index is 13.7. The number of unbranched alkanes of at least 4 members (excludes halogenated alkanes) is 26. The minimum Gasteiger partial charge on any atom is -0.462 e. The summed E-state index contributed by atoms with van der Waals surface area (Å²) >= 11 is 0. The Balaban J connectivity index is 2.94. The third-order valence-electron chi connectivity index (χ3n) is 12.1. The van der Waals surface area contributed by atoms with E-state index in [1.54, 1.807) is 0 Å². The second kappa shape index (κ2) is 38.5. The quantitative estimate of drug-likeness (QED) is 0.0191. The van der Waals surface area contributed by atoms with Gasteiger partial charge in [0, 0.05) is 6.42 Å². The van der Waals surface area contributed by atoms with Crippen molar-refractivity contribution in [1.82, 2.24) is 5.32 Å². The molecule has 63 heavy (non-hydrogen) atoms. The van der Waals surface area contributed by atoms with E-state index in [0.29, 0.717) is 25.7 Å². The number of aliphatic hydroxyl groups excluding tert-OH is 3. The number of hydrogen-bond donors (Lipinski definition) is 6. The van der Waals surface area contributed by atoms with E-state index >= 15 is 0 Å². The Hall–Kier alpha value is -1.64. The smallest absolute Gasteiger partial charge is 0.462 e. The molecule has 0 aliphatic carbocycles. The van der Waals surface area contributed by atoms with Crippen LogP contribution >= 0.6 is 7.82 Å². The first-order valence-electron chi connectivity index (χ1n) is 25.4. The predicted molar refractivity (Wildman–Crippen MR) is 247 cm³/mol. The molecule has 0 radical (unpaired) electrons. The molecule has 0 spiro atoms. The lowest BCUT2D eigenvalue weighted by Gasteiger charge is -2.43. The summed E-state index contributed by atoms with van der Waals surface area (Å²) in [6, 6.07) is -1.58. The van der Waals surface area contributed by atoms with Gasteiger partial charge in [-0.05, 0) is 25.7 Å². The van der Waals surface area contributed by atoms with Crippen LogP contribution in [-0.4, -0.2) is 92.4 Å². The minimum atomic E-state index is -5.29. The molecule has 2 unspecified atom stereocenters. The molecule has 15 heteroatoms. The van der Waals surface area contributed by atoms with Gasteiger partial charge in [-0.2, -0.15) is 0 Å². The number of phosphoric acid groups is 1. The highest BCUT2D eigenvalue weighted by Crippen LogP contribution is 2.42. The third kappa shape index (κ3) is 31.8. The first kappa shape index (κ1) is 59.4. The van der Waals surface area contributed by atoms with Crippen LogP contribution < -0.4 is 5.32 Å². The summed E-state index contributed by atoms with van der Waals surface area (Å²) in [5, 5.41) is 34.2. The third-order valence-corrected chi connectivity index (χ3v) is 12.6. The van der Waals surface area contributed by atoms with E-state index in [1.807, 2.05) is 0 Å². The van der Waals surface area contributed by atoms with Crippen molar-refractivity contribution in [2.75, 3.05) is 6.61 Å². The first-order valence-corrected chi connectivity index (χ1v) is 26.9. The number of carbonyl (C=O) groups excluding carboxylic acids is 3. The van der Waals surface area contributed by atoms with Crippen LogP contribution in [0.4, 0.5) is 0 Å². The van der Waals surface area contributed by atoms with Crippen molar-refractivity contribution in [2.24, 2.45) is 0 Å². The van der Waals surface area contributed by atoms with Crippen molar-refractivity contribution in [2.45, 2.75) is 282 Å². The summed E-state index contributed by atoms with van der Waals surface area (Å²) in [7, 11) is -5.29. The maximum atomic E-state index is 13.7. The molecule has 1 aliphatic rings. The molecule has 1 rings (SSSR count). The number of hydrogen-bond acceptors (Lipinski definition) is 11. The zero-order chi connectivity index (χ0) is 46.6. The molecule has 1 amide bonds. The van der Waals surface area contributed by atoms with Crippen LogP contribution in [0.5, 0.6) is 0 Å². The molecular formula is C48H92NO13P. The predicted octanol–water partition coefficient (Wildman–Crippen LogP) is 10.2. The van der Waals surface area contributed by atoms with E-state index in [0.717, 1.165) is 70.6 Å². The molecule has 1 aliphatic heterocycles. The maximum Gasteiger partial charge on any atom is 0.470 e. The van der Waals surface area contributed by atoms with Crippen molar-refractivity contribution in [1.29, 1.82) is 0 Å². The van der Waals surface area contributed by atoms with Gasteiger partial charge in [-0.15, -0.1) is 0 Å². The summed E-state index contributed by atoms with van der Waals surface area (Å²) in [5.74, 6) is -2.06. The number of ether oxygens (including phenoxy) is 3. The van der Waals surface area contributed by atoms with E-state index in [2.05, 4.69) is 26.1 Å². The Bertz CT molecular complexity index is 1190. The van der Waals surface area contributed by atoms with E-state index in [9.17, 15) is 44.1 Å². The van der Waals surface area contributed by atoms with Gasteiger partial charge in [0.2, 0.25) is 5.91 Å². The van der Waals surface area contributed by atoms with Crippen LogP contribution in [0.25, 0.3) is 0 Å². The number of carbonyl (C=O) groups is 3. The first-order chi connectivity index (χ1) is 30.3. The second-order valence-corrected chi connectivity index (χ2v) is 19.2. The zero-order valence-electron chi connectivity index (χ0n) is 39.7. The highest BCUT2D eigenvalue weighted by atomic mass is 31.2. The summed E-state index contributed by atoms with van der Waals surface area (Å²) in [5.41, 5.74) is 0. The van der Waals surface area contributed by atoms with Crippen LogP contribution in [0.1, 0.15) is 239 Å². The molecule has 0 aromatic rings. The van der Waals surface area contributed by atoms with Crippen molar-refractivity contribution < 1.29 is 62.8 Å². The summed E-state index contributed by atoms with van der Waals surface area (Å²) in [4.78, 5) is 59.5. The number of aliphatic hydroxyl groups is 3. The van der Waals surface area contributed by atoms with Gasteiger partial charge in [0.05, 0.1) is 25.6 Å². The van der Waals surface area contributed by atoms with Gasteiger partial charge in [0.1, 0.15) is 24.4 Å². The van der Waals surface area contributed by atoms with Gasteiger partial charge in [-0.3, -0.25) is 18.9 Å². The lowest BCUT2D eigenvalue weighted by atomic mass is 9.96. The molecule has 7 atom stereocenters. The molecule has 1 heterocycles. The fourth-order valence-electron chi connectivity index (χ4n) is 8.35. The van der Waals surface area contributed by atoms with Gasteiger partial charge in [0.15, 0.2) is 12.4 Å². The van der Waals surface area contributed by atoms with Gasteiger partial charge in [0.25, 0.3) is 0 Å². The number of rotatable bonds is 42. The Morgan fingerprint density at radius 1 is 0.603 bits per heavy atom. The standard InChI is InChI=1S/C48H92NO13P/c1-4-7-10-13-16-19-20-23-26-29-32-35-43(53)59-40(34-31-28-25-22-18-15-12-9-6-3)37-44(54)61-47-45(48(55)60-41(38-50)46(47)62-63(56,57)58)49-42(52)36-39(51)33-30-27-24-21-17-14-11-8-5-2/h39-41,45-48,50-51,55H,4-38H2,1-3H3,(H,49,52)(H2,56,57,58)/t39-,40?,41-,45-,46-,47-,48?/m1/s1. The molecule has 0 saturated carbocycles. The fourth-order valence-corrected chi connectivity index (χ4v) is 8.92. The normalized spacial score (nSPS) is 20.0. The average molecular weight is 922 g/mol. The van der Waals surface area contributed by atoms with E-state index in [1.165, 1.54) is 103 Å². The molecule has 6 N–H and O–H groups in total. The molecule has 14 nitrogen and oxygen atoms in total. The van der Waals surface area contributed by atoms with Crippen molar-refractivity contribution in [3.8, 4) is 0 Å². The van der Waals surface area contributed by atoms with Crippen LogP contribution in [0.3, 0.4) is 0 Å². The van der Waals surface area contributed by atoms with Gasteiger partial charge in [-0.1, -0.05) is 194 Å². The summed E-state index contributed by atoms with van der Waals surface area (Å²) in [6.45, 7) is 5.72. The van der Waals surface area contributed by atoms with Crippen LogP contribution in [0.2, 0.25) is 0 Å². The molecule has 372 valence electrons. The van der Waals surface area contributed by atoms with Gasteiger partial charge < -0.3 is 44.6 Å². The summed E-state index contributed by atoms with van der Waals surface area (Å²) < 4.78 is 34.1. The van der Waals surface area contributed by atoms with E-state index in [4.69, 9.17) is 18.7 Å². The van der Waals surface area contributed by atoms with Gasteiger partial charge in [-0.25, -0.2) is 4.57 Å². The second-order valence-electron chi connectivity index (χ2n) is 18.0. The highest BCUT2D eigenvalue weighted by Gasteiger charge is 2.51. The van der Waals surface area contributed by atoms with Crippen molar-refractivity contribution >= 4 is 25.7 Å². The number of phosphoric ester groups is 1. The zero-order valence-corrected chi connectivity index (χ0v) is 40.6. The Labute approximate surface area is 381 Å². The average Bonchev–Trinajstić information content (AvgIpc) is 3.23. The molecule has 1 saturated heterocycles. The number of nitrogens with one attached hydrogen (secondary N) is 1. The fraction of sp³-hybridized carbons (Fsp3) is 0.938. The molecule has 0 bridgehead atoms. The van der Waals surface area contributed by atoms with E-state index in [-0.39, 0.29) is 19.3 Å². The van der Waals surface area contributed by atoms with E-state index < -0.39 is 75.1 Å². The topological polar surface area (TPSA) is 218 Å². The minimum absolute atomic E-state index is 0.210. The molecule has 0 aromatic heterocycles. The molecule has 0 aromatic carbocycles. The summed E-state index contributed by atoms with van der Waals surface area (Å²) in [6.07, 6.45) is 23.6. The largest absolute Gasteiger partial charge is 0.470 e. The van der Waals surface area contributed by atoms with Crippen LogP contribution in [0, 0.1) is 0 Å². The van der Waals surface area contributed by atoms with Crippen LogP contribution in [-0.2, 0) is 37.7 Å². The molecular weight excluding hydrogens is 829 g/mol. The Morgan fingerprint density at radius 3 is 1.48 bits per heavy atom.